The Bertz CT molecular complexity index is 321. The lowest BCUT2D eigenvalue weighted by molar-refractivity contribution is -0.158. The Morgan fingerprint density at radius 2 is 1.89 bits per heavy atom. The summed E-state index contributed by atoms with van der Waals surface area (Å²) in [6.45, 7) is 2.73. The average Bonchev–Trinajstić information content (AvgIpc) is 2.36. The molecule has 1 aliphatic heterocycles. The van der Waals surface area contributed by atoms with E-state index >= 15 is 0 Å². The molecule has 2 amide bonds. The molecule has 1 saturated carbocycles. The molecule has 3 unspecified atom stereocenters. The van der Waals surface area contributed by atoms with E-state index in [4.69, 9.17) is 9.47 Å². The molecule has 3 atom stereocenters. The van der Waals surface area contributed by atoms with Crippen molar-refractivity contribution in [1.82, 2.24) is 10.6 Å². The van der Waals surface area contributed by atoms with Crippen LogP contribution in [0.5, 0.6) is 0 Å². The summed E-state index contributed by atoms with van der Waals surface area (Å²) in [6.07, 6.45) is 2.88. The Morgan fingerprint density at radius 3 is 2.61 bits per heavy atom. The minimum absolute atomic E-state index is 0.0390. The molecule has 0 aromatic rings. The second-order valence-electron chi connectivity index (χ2n) is 4.81. The number of hydrogen-bond donors (Lipinski definition) is 2. The standard InChI is InChI=1S/C12H20N2O4/c1-8(15)13-7-12(16)14-9-2-3-10-11(6-9)18-5-4-17-10/h9-11H,2-7H2,1H3,(H,13,15)(H,14,16). The molecule has 0 spiro atoms. The number of hydrogen-bond acceptors (Lipinski definition) is 4. The number of ether oxygens (including phenoxy) is 2. The van der Waals surface area contributed by atoms with Gasteiger partial charge in [0, 0.05) is 13.0 Å². The molecule has 2 aliphatic rings. The summed E-state index contributed by atoms with van der Waals surface area (Å²) in [4.78, 5) is 22.3. The summed E-state index contributed by atoms with van der Waals surface area (Å²) in [6, 6.07) is 0.120. The van der Waals surface area contributed by atoms with Gasteiger partial charge < -0.3 is 20.1 Å². The van der Waals surface area contributed by atoms with Gasteiger partial charge >= 0.3 is 0 Å². The van der Waals surface area contributed by atoms with E-state index in [2.05, 4.69) is 10.6 Å². The minimum Gasteiger partial charge on any atom is -0.373 e. The monoisotopic (exact) mass is 256 g/mol. The molecule has 6 nitrogen and oxygen atoms in total. The normalized spacial score (nSPS) is 31.3. The van der Waals surface area contributed by atoms with Gasteiger partial charge in [0.25, 0.3) is 0 Å². The zero-order chi connectivity index (χ0) is 13.0. The van der Waals surface area contributed by atoms with E-state index in [0.29, 0.717) is 13.2 Å². The molecule has 2 rings (SSSR count). The molecular weight excluding hydrogens is 236 g/mol. The van der Waals surface area contributed by atoms with Gasteiger partial charge in [-0.1, -0.05) is 0 Å². The molecule has 2 fully saturated rings. The highest BCUT2D eigenvalue weighted by atomic mass is 16.6. The summed E-state index contributed by atoms with van der Waals surface area (Å²) in [5.41, 5.74) is 0. The maximum atomic E-state index is 11.6. The van der Waals surface area contributed by atoms with Crippen molar-refractivity contribution in [3.8, 4) is 0 Å². The van der Waals surface area contributed by atoms with Crippen molar-refractivity contribution >= 4 is 11.8 Å². The number of fused-ring (bicyclic) bond motifs is 1. The van der Waals surface area contributed by atoms with Crippen molar-refractivity contribution in [2.24, 2.45) is 0 Å². The van der Waals surface area contributed by atoms with Gasteiger partial charge in [-0.25, -0.2) is 0 Å². The number of carbonyl (C=O) groups excluding carboxylic acids is 2. The summed E-state index contributed by atoms with van der Waals surface area (Å²) < 4.78 is 11.3. The SMILES string of the molecule is CC(=O)NCC(=O)NC1CCC2OCCOC2C1. The lowest BCUT2D eigenvalue weighted by atomic mass is 9.89. The molecule has 0 aromatic carbocycles. The Morgan fingerprint density at radius 1 is 1.17 bits per heavy atom. The fourth-order valence-electron chi connectivity index (χ4n) is 2.48. The Balaban J connectivity index is 1.73. The zero-order valence-corrected chi connectivity index (χ0v) is 10.6. The first-order valence-electron chi connectivity index (χ1n) is 6.42. The van der Waals surface area contributed by atoms with Crippen LogP contribution < -0.4 is 10.6 Å². The second-order valence-corrected chi connectivity index (χ2v) is 4.81. The van der Waals surface area contributed by atoms with E-state index in [1.807, 2.05) is 0 Å². The van der Waals surface area contributed by atoms with Crippen molar-refractivity contribution in [1.29, 1.82) is 0 Å². The minimum atomic E-state index is -0.196. The highest BCUT2D eigenvalue weighted by molar-refractivity contribution is 5.83. The van der Waals surface area contributed by atoms with Gasteiger partial charge in [0.05, 0.1) is 32.0 Å². The molecule has 18 heavy (non-hydrogen) atoms. The molecule has 6 heteroatoms. The number of carbonyl (C=O) groups is 2. The summed E-state index contributed by atoms with van der Waals surface area (Å²) in [5.74, 6) is -0.344. The van der Waals surface area contributed by atoms with E-state index in [-0.39, 0.29) is 36.6 Å². The Hall–Kier alpha value is -1.14. The number of nitrogens with one attached hydrogen (secondary N) is 2. The van der Waals surface area contributed by atoms with Crippen molar-refractivity contribution in [2.75, 3.05) is 19.8 Å². The molecule has 0 radical (unpaired) electrons. The van der Waals surface area contributed by atoms with Crippen molar-refractivity contribution in [3.05, 3.63) is 0 Å². The summed E-state index contributed by atoms with van der Waals surface area (Å²) in [7, 11) is 0. The van der Waals surface area contributed by atoms with Crippen LogP contribution in [0.2, 0.25) is 0 Å². The topological polar surface area (TPSA) is 76.7 Å². The van der Waals surface area contributed by atoms with Crippen LogP contribution in [-0.2, 0) is 19.1 Å². The maximum absolute atomic E-state index is 11.6. The van der Waals surface area contributed by atoms with Crippen LogP contribution in [0.15, 0.2) is 0 Å². The Labute approximate surface area is 106 Å². The number of amides is 2. The van der Waals surface area contributed by atoms with Crippen molar-refractivity contribution in [2.45, 2.75) is 44.4 Å². The lowest BCUT2D eigenvalue weighted by Crippen LogP contribution is -2.50. The first kappa shape index (κ1) is 13.3. The van der Waals surface area contributed by atoms with E-state index in [1.165, 1.54) is 6.92 Å². The zero-order valence-electron chi connectivity index (χ0n) is 10.6. The van der Waals surface area contributed by atoms with E-state index in [0.717, 1.165) is 19.3 Å². The van der Waals surface area contributed by atoms with Gasteiger partial charge in [0.15, 0.2) is 0 Å². The predicted octanol–water partition coefficient (Wildman–Crippen LogP) is -0.425. The second kappa shape index (κ2) is 6.15. The molecule has 1 saturated heterocycles. The third-order valence-corrected chi connectivity index (χ3v) is 3.34. The van der Waals surface area contributed by atoms with Crippen LogP contribution in [0.4, 0.5) is 0 Å². The van der Waals surface area contributed by atoms with Crippen LogP contribution in [0.25, 0.3) is 0 Å². The van der Waals surface area contributed by atoms with Crippen LogP contribution in [0.1, 0.15) is 26.2 Å². The highest BCUT2D eigenvalue weighted by Gasteiger charge is 2.34. The highest BCUT2D eigenvalue weighted by Crippen LogP contribution is 2.26. The number of rotatable bonds is 3. The van der Waals surface area contributed by atoms with Gasteiger partial charge in [-0.2, -0.15) is 0 Å². The van der Waals surface area contributed by atoms with Crippen LogP contribution in [-0.4, -0.2) is 49.8 Å². The average molecular weight is 256 g/mol. The van der Waals surface area contributed by atoms with E-state index in [9.17, 15) is 9.59 Å². The van der Waals surface area contributed by atoms with E-state index < -0.39 is 0 Å². The molecule has 0 aromatic heterocycles. The molecule has 1 aliphatic carbocycles. The van der Waals surface area contributed by atoms with Gasteiger partial charge in [0.2, 0.25) is 11.8 Å². The fourth-order valence-corrected chi connectivity index (χ4v) is 2.48. The molecular formula is C12H20N2O4. The summed E-state index contributed by atoms with van der Waals surface area (Å²) in [5, 5.41) is 5.40. The van der Waals surface area contributed by atoms with Gasteiger partial charge in [-0.15, -0.1) is 0 Å². The third-order valence-electron chi connectivity index (χ3n) is 3.34. The smallest absolute Gasteiger partial charge is 0.239 e. The first-order valence-corrected chi connectivity index (χ1v) is 6.42. The van der Waals surface area contributed by atoms with Crippen LogP contribution >= 0.6 is 0 Å². The molecule has 102 valence electrons. The van der Waals surface area contributed by atoms with Gasteiger partial charge in [-0.3, -0.25) is 9.59 Å². The maximum Gasteiger partial charge on any atom is 0.239 e. The lowest BCUT2D eigenvalue weighted by Gasteiger charge is -2.39. The van der Waals surface area contributed by atoms with Gasteiger partial charge in [0.1, 0.15) is 0 Å². The van der Waals surface area contributed by atoms with Crippen molar-refractivity contribution in [3.63, 3.8) is 0 Å². The molecule has 2 N–H and O–H groups in total. The van der Waals surface area contributed by atoms with Crippen LogP contribution in [0, 0.1) is 0 Å². The fraction of sp³-hybridized carbons (Fsp3) is 0.833. The van der Waals surface area contributed by atoms with Gasteiger partial charge in [-0.05, 0) is 19.3 Å². The third kappa shape index (κ3) is 3.68. The largest absolute Gasteiger partial charge is 0.373 e. The quantitative estimate of drug-likeness (QED) is 0.718. The Kier molecular flexibility index (Phi) is 4.54. The molecule has 1 heterocycles. The first-order chi connectivity index (χ1) is 8.65. The van der Waals surface area contributed by atoms with E-state index in [1.54, 1.807) is 0 Å². The van der Waals surface area contributed by atoms with Crippen molar-refractivity contribution < 1.29 is 19.1 Å². The predicted molar refractivity (Wildman–Crippen MR) is 63.9 cm³/mol. The van der Waals surface area contributed by atoms with Crippen LogP contribution in [0.3, 0.4) is 0 Å². The summed E-state index contributed by atoms with van der Waals surface area (Å²) >= 11 is 0. The molecule has 0 bridgehead atoms.